The Bertz CT molecular complexity index is 442. The van der Waals surface area contributed by atoms with Crippen LogP contribution in [0.2, 0.25) is 0 Å². The van der Waals surface area contributed by atoms with Crippen LogP contribution >= 0.6 is 0 Å². The number of rotatable bonds is 7. The zero-order valence-electron chi connectivity index (χ0n) is 20.2. The van der Waals surface area contributed by atoms with Gasteiger partial charge in [0.25, 0.3) is 0 Å². The Hall–Kier alpha value is -1.16. The Morgan fingerprint density at radius 2 is 1.48 bits per heavy atom. The molecule has 27 heavy (non-hydrogen) atoms. The van der Waals surface area contributed by atoms with Crippen LogP contribution < -0.4 is 5.73 Å². The highest BCUT2D eigenvalue weighted by molar-refractivity contribution is 5.76. The number of nitrogens with one attached hydrogen (secondary N) is 1. The van der Waals surface area contributed by atoms with E-state index in [1.165, 1.54) is 6.21 Å². The Balaban J connectivity index is -0.000000322. The number of hydrogen-bond donors (Lipinski definition) is 2. The van der Waals surface area contributed by atoms with Gasteiger partial charge in [0.15, 0.2) is 0 Å². The van der Waals surface area contributed by atoms with Crippen LogP contribution in [0.5, 0.6) is 0 Å². The van der Waals surface area contributed by atoms with Gasteiger partial charge >= 0.3 is 0 Å². The molecule has 0 spiro atoms. The van der Waals surface area contributed by atoms with E-state index in [1.54, 1.807) is 7.11 Å². The van der Waals surface area contributed by atoms with E-state index in [1.807, 2.05) is 27.7 Å². The van der Waals surface area contributed by atoms with Gasteiger partial charge in [0.2, 0.25) is 0 Å². The maximum atomic E-state index is 10.3. The summed E-state index contributed by atoms with van der Waals surface area (Å²) >= 11 is 0. The van der Waals surface area contributed by atoms with Crippen LogP contribution in [0.15, 0.2) is 11.3 Å². The zero-order valence-corrected chi connectivity index (χ0v) is 20.2. The van der Waals surface area contributed by atoms with Crippen molar-refractivity contribution in [3.05, 3.63) is 11.3 Å². The highest BCUT2D eigenvalue weighted by Crippen LogP contribution is 2.28. The SMILES string of the molecule is CC(C)C(C)(C)C=O.CC/C(N)=C(/C=N)CC.COC(C)(C)CC(C)(C)C. The van der Waals surface area contributed by atoms with E-state index < -0.39 is 0 Å². The van der Waals surface area contributed by atoms with Crippen molar-refractivity contribution in [2.75, 3.05) is 7.11 Å². The molecule has 0 aromatic carbocycles. The lowest BCUT2D eigenvalue weighted by molar-refractivity contribution is -0.116. The second-order valence-corrected chi connectivity index (χ2v) is 9.70. The Labute approximate surface area is 169 Å². The summed E-state index contributed by atoms with van der Waals surface area (Å²) < 4.78 is 5.31. The van der Waals surface area contributed by atoms with Crippen molar-refractivity contribution >= 4 is 12.5 Å². The van der Waals surface area contributed by atoms with Crippen molar-refractivity contribution < 1.29 is 9.53 Å². The maximum absolute atomic E-state index is 10.3. The van der Waals surface area contributed by atoms with E-state index in [0.29, 0.717) is 11.3 Å². The number of ether oxygens (including phenoxy) is 1. The first-order valence-electron chi connectivity index (χ1n) is 10.0. The molecule has 0 bridgehead atoms. The first-order valence-corrected chi connectivity index (χ1v) is 10.0. The molecule has 0 atom stereocenters. The second-order valence-electron chi connectivity index (χ2n) is 9.70. The Kier molecular flexibility index (Phi) is 15.8. The van der Waals surface area contributed by atoms with Gasteiger partial charge in [-0.15, -0.1) is 0 Å². The summed E-state index contributed by atoms with van der Waals surface area (Å²) in [5.41, 5.74) is 7.61. The molecule has 4 nitrogen and oxygen atoms in total. The second kappa shape index (κ2) is 13.9. The van der Waals surface area contributed by atoms with Gasteiger partial charge in [-0.05, 0) is 50.0 Å². The molecule has 0 aromatic rings. The largest absolute Gasteiger partial charge is 0.402 e. The van der Waals surface area contributed by atoms with Gasteiger partial charge in [0.05, 0.1) is 5.60 Å². The van der Waals surface area contributed by atoms with Gasteiger partial charge < -0.3 is 20.7 Å². The van der Waals surface area contributed by atoms with Crippen LogP contribution in [0.25, 0.3) is 0 Å². The minimum Gasteiger partial charge on any atom is -0.402 e. The van der Waals surface area contributed by atoms with Crippen LogP contribution in [0.4, 0.5) is 0 Å². The average Bonchev–Trinajstić information content (AvgIpc) is 2.54. The molecule has 0 saturated heterocycles. The monoisotopic (exact) mass is 384 g/mol. The van der Waals surface area contributed by atoms with Crippen molar-refractivity contribution in [3.8, 4) is 0 Å². The lowest BCUT2D eigenvalue weighted by atomic mass is 9.83. The summed E-state index contributed by atoms with van der Waals surface area (Å²) in [5.74, 6) is 0.444. The van der Waals surface area contributed by atoms with Crippen LogP contribution in [0.1, 0.15) is 95.4 Å². The third kappa shape index (κ3) is 18.0. The molecule has 0 saturated carbocycles. The predicted octanol–water partition coefficient (Wildman–Crippen LogP) is 6.38. The van der Waals surface area contributed by atoms with E-state index in [-0.39, 0.29) is 11.0 Å². The number of aldehydes is 1. The van der Waals surface area contributed by atoms with Gasteiger partial charge in [-0.1, -0.05) is 62.3 Å². The van der Waals surface area contributed by atoms with Crippen molar-refractivity contribution in [2.45, 2.75) is 101 Å². The lowest BCUT2D eigenvalue weighted by Gasteiger charge is -2.30. The van der Waals surface area contributed by atoms with E-state index in [9.17, 15) is 4.79 Å². The summed E-state index contributed by atoms with van der Waals surface area (Å²) in [4.78, 5) is 10.3. The minimum absolute atomic E-state index is 0.0260. The molecular formula is C23H48N2O2. The zero-order chi connectivity index (χ0) is 22.5. The van der Waals surface area contributed by atoms with Crippen LogP contribution in [-0.4, -0.2) is 25.2 Å². The Morgan fingerprint density at radius 1 is 1.04 bits per heavy atom. The lowest BCUT2D eigenvalue weighted by Crippen LogP contribution is -2.28. The fraction of sp³-hybridized carbons (Fsp3) is 0.826. The third-order valence-electron chi connectivity index (χ3n) is 4.65. The molecule has 0 aromatic heterocycles. The van der Waals surface area contributed by atoms with Crippen molar-refractivity contribution in [1.29, 1.82) is 5.41 Å². The molecule has 4 heteroatoms. The van der Waals surface area contributed by atoms with Gasteiger partial charge in [0.1, 0.15) is 6.29 Å². The van der Waals surface area contributed by atoms with E-state index in [4.69, 9.17) is 15.9 Å². The highest BCUT2D eigenvalue weighted by Gasteiger charge is 2.24. The van der Waals surface area contributed by atoms with Crippen molar-refractivity contribution in [2.24, 2.45) is 22.5 Å². The molecule has 0 radical (unpaired) electrons. The Morgan fingerprint density at radius 3 is 1.56 bits per heavy atom. The summed E-state index contributed by atoms with van der Waals surface area (Å²) in [5, 5.41) is 6.93. The molecule has 3 N–H and O–H groups in total. The first-order chi connectivity index (χ1) is 12.0. The molecule has 0 aliphatic rings. The van der Waals surface area contributed by atoms with Gasteiger partial charge in [-0.3, -0.25) is 0 Å². The van der Waals surface area contributed by atoms with E-state index >= 15 is 0 Å². The predicted molar refractivity (Wildman–Crippen MR) is 120 cm³/mol. The van der Waals surface area contributed by atoms with Crippen LogP contribution in [0.3, 0.4) is 0 Å². The molecule has 0 rings (SSSR count). The highest BCUT2D eigenvalue weighted by atomic mass is 16.5. The number of hydrogen-bond acceptors (Lipinski definition) is 4. The minimum atomic E-state index is -0.139. The normalized spacial score (nSPS) is 12.9. The maximum Gasteiger partial charge on any atom is 0.125 e. The van der Waals surface area contributed by atoms with Gasteiger partial charge in [-0.25, -0.2) is 0 Å². The van der Waals surface area contributed by atoms with Crippen molar-refractivity contribution in [3.63, 3.8) is 0 Å². The summed E-state index contributed by atoms with van der Waals surface area (Å²) in [6, 6.07) is 0. The summed E-state index contributed by atoms with van der Waals surface area (Å²) in [6.45, 7) is 22.9. The number of carbonyl (C=O) groups excluding carboxylic acids is 1. The molecule has 0 aliphatic carbocycles. The smallest absolute Gasteiger partial charge is 0.125 e. The van der Waals surface area contributed by atoms with Gasteiger partial charge in [-0.2, -0.15) is 0 Å². The molecule has 0 unspecified atom stereocenters. The quantitative estimate of drug-likeness (QED) is 0.395. The molecule has 0 fully saturated rings. The number of methoxy groups -OCH3 is 1. The van der Waals surface area contributed by atoms with Crippen LogP contribution in [0, 0.1) is 22.2 Å². The summed E-state index contributed by atoms with van der Waals surface area (Å²) in [7, 11) is 1.77. The van der Waals surface area contributed by atoms with Crippen LogP contribution in [-0.2, 0) is 9.53 Å². The summed E-state index contributed by atoms with van der Waals surface area (Å²) in [6.07, 6.45) is 5.15. The number of allylic oxidation sites excluding steroid dienone is 2. The third-order valence-corrected chi connectivity index (χ3v) is 4.65. The van der Waals surface area contributed by atoms with Gasteiger partial charge in [0, 0.05) is 24.4 Å². The average molecular weight is 385 g/mol. The number of carbonyl (C=O) groups is 1. The topological polar surface area (TPSA) is 76.2 Å². The van der Waals surface area contributed by atoms with Crippen molar-refractivity contribution in [1.82, 2.24) is 0 Å². The fourth-order valence-electron chi connectivity index (χ4n) is 2.13. The number of nitrogens with two attached hydrogens (primary N) is 1. The molecule has 0 heterocycles. The molecule has 162 valence electrons. The molecule has 0 amide bonds. The fourth-order valence-corrected chi connectivity index (χ4v) is 2.13. The molecular weight excluding hydrogens is 336 g/mol. The standard InChI is InChI=1S/C9H20O.C7H14N2.C7H14O/c1-8(2,3)7-9(4,5)10-6;1-3-6(5-8)7(9)4-2;1-6(2)7(3,4)5-8/h7H2,1-6H3;5,8H,3-4,9H2,1-2H3;5-6H,1-4H3/b;7-6-,8-5?;. The van der Waals surface area contributed by atoms with E-state index in [0.717, 1.165) is 36.8 Å². The molecule has 0 aliphatic heterocycles. The first kappa shape index (κ1) is 30.6. The van der Waals surface area contributed by atoms with E-state index in [2.05, 4.69) is 48.5 Å².